The summed E-state index contributed by atoms with van der Waals surface area (Å²) in [6, 6.07) is 9.85. The van der Waals surface area contributed by atoms with E-state index < -0.39 is 11.7 Å². The van der Waals surface area contributed by atoms with Crippen LogP contribution in [0, 0.1) is 0 Å². The molecule has 5 heteroatoms. The number of ether oxygens (including phenoxy) is 1. The Kier molecular flexibility index (Phi) is 4.54. The third-order valence-electron chi connectivity index (χ3n) is 2.99. The van der Waals surface area contributed by atoms with Crippen LogP contribution in [0.4, 0.5) is 10.5 Å². The van der Waals surface area contributed by atoms with Crippen molar-refractivity contribution in [2.45, 2.75) is 46.1 Å². The predicted octanol–water partition coefficient (Wildman–Crippen LogP) is 4.34. The van der Waals surface area contributed by atoms with E-state index in [9.17, 15) is 4.79 Å². The Balaban J connectivity index is 2.30. The molecular formula is C17H23N3O2. The Labute approximate surface area is 131 Å². The van der Waals surface area contributed by atoms with Crippen molar-refractivity contribution in [3.63, 3.8) is 0 Å². The monoisotopic (exact) mass is 301 g/mol. The second kappa shape index (κ2) is 6.22. The lowest BCUT2D eigenvalue weighted by Crippen LogP contribution is -2.27. The zero-order valence-corrected chi connectivity index (χ0v) is 13.8. The smallest absolute Gasteiger partial charge is 0.412 e. The van der Waals surface area contributed by atoms with Crippen LogP contribution >= 0.6 is 0 Å². The van der Waals surface area contributed by atoms with Crippen molar-refractivity contribution in [3.05, 3.63) is 42.2 Å². The molecule has 0 aliphatic heterocycles. The second-order valence-electron chi connectivity index (χ2n) is 6.47. The minimum Gasteiger partial charge on any atom is -0.444 e. The van der Waals surface area contributed by atoms with E-state index in [0.717, 1.165) is 11.4 Å². The second-order valence-corrected chi connectivity index (χ2v) is 6.47. The van der Waals surface area contributed by atoms with Gasteiger partial charge in [-0.25, -0.2) is 9.48 Å². The van der Waals surface area contributed by atoms with Gasteiger partial charge in [0, 0.05) is 0 Å². The molecular weight excluding hydrogens is 278 g/mol. The van der Waals surface area contributed by atoms with Crippen LogP contribution in [0.15, 0.2) is 36.5 Å². The molecule has 1 aromatic carbocycles. The van der Waals surface area contributed by atoms with Crippen LogP contribution in [0.25, 0.3) is 5.69 Å². The minimum atomic E-state index is -0.530. The average Bonchev–Trinajstić information content (AvgIpc) is 2.81. The summed E-state index contributed by atoms with van der Waals surface area (Å²) < 4.78 is 7.15. The molecule has 5 nitrogen and oxygen atoms in total. The average molecular weight is 301 g/mol. The van der Waals surface area contributed by atoms with Crippen LogP contribution in [-0.4, -0.2) is 21.5 Å². The van der Waals surface area contributed by atoms with E-state index in [4.69, 9.17) is 4.74 Å². The number of benzene rings is 1. The first-order chi connectivity index (χ1) is 10.3. The highest BCUT2D eigenvalue weighted by Crippen LogP contribution is 2.27. The SMILES string of the molecule is CC(C)c1c(NC(=O)OC(C)(C)C)cnn1-c1ccccc1. The number of anilines is 1. The molecule has 0 aliphatic carbocycles. The molecule has 0 aliphatic rings. The molecule has 2 aromatic rings. The quantitative estimate of drug-likeness (QED) is 0.917. The van der Waals surface area contributed by atoms with Gasteiger partial charge in [-0.3, -0.25) is 5.32 Å². The lowest BCUT2D eigenvalue weighted by atomic mass is 10.1. The summed E-state index contributed by atoms with van der Waals surface area (Å²) in [6.07, 6.45) is 1.19. The molecule has 0 spiro atoms. The van der Waals surface area contributed by atoms with Gasteiger partial charge in [0.05, 0.1) is 23.3 Å². The first-order valence-corrected chi connectivity index (χ1v) is 7.41. The Bertz CT molecular complexity index is 640. The number of rotatable bonds is 3. The maximum Gasteiger partial charge on any atom is 0.412 e. The van der Waals surface area contributed by atoms with Crippen LogP contribution in [0.2, 0.25) is 0 Å². The number of para-hydroxylation sites is 1. The maximum atomic E-state index is 12.0. The number of nitrogens with one attached hydrogen (secondary N) is 1. The molecule has 0 saturated heterocycles. The van der Waals surface area contributed by atoms with Crippen molar-refractivity contribution in [1.82, 2.24) is 9.78 Å². The molecule has 0 atom stereocenters. The van der Waals surface area contributed by atoms with Gasteiger partial charge in [0.2, 0.25) is 0 Å². The zero-order valence-electron chi connectivity index (χ0n) is 13.8. The van der Waals surface area contributed by atoms with Crippen molar-refractivity contribution in [2.75, 3.05) is 5.32 Å². The maximum absolute atomic E-state index is 12.0. The number of hydrogen-bond acceptors (Lipinski definition) is 3. The van der Waals surface area contributed by atoms with E-state index in [1.54, 1.807) is 6.20 Å². The van der Waals surface area contributed by atoms with Crippen molar-refractivity contribution < 1.29 is 9.53 Å². The lowest BCUT2D eigenvalue weighted by molar-refractivity contribution is 0.0636. The molecule has 2 rings (SSSR count). The highest BCUT2D eigenvalue weighted by Gasteiger charge is 2.21. The molecule has 22 heavy (non-hydrogen) atoms. The van der Waals surface area contributed by atoms with Gasteiger partial charge >= 0.3 is 6.09 Å². The fourth-order valence-electron chi connectivity index (χ4n) is 2.20. The molecule has 0 fully saturated rings. The van der Waals surface area contributed by atoms with Crippen LogP contribution in [0.1, 0.15) is 46.2 Å². The van der Waals surface area contributed by atoms with E-state index in [1.165, 1.54) is 0 Å². The highest BCUT2D eigenvalue weighted by atomic mass is 16.6. The predicted molar refractivity (Wildman–Crippen MR) is 87.5 cm³/mol. The summed E-state index contributed by atoms with van der Waals surface area (Å²) in [6.45, 7) is 9.64. The van der Waals surface area contributed by atoms with Gasteiger partial charge in [0.15, 0.2) is 0 Å². The Morgan fingerprint density at radius 2 is 1.86 bits per heavy atom. The fourth-order valence-corrected chi connectivity index (χ4v) is 2.20. The van der Waals surface area contributed by atoms with Crippen LogP contribution in [0.3, 0.4) is 0 Å². The molecule has 0 bridgehead atoms. The van der Waals surface area contributed by atoms with E-state index in [0.29, 0.717) is 5.69 Å². The molecule has 0 saturated carbocycles. The Morgan fingerprint density at radius 3 is 2.41 bits per heavy atom. The summed E-state index contributed by atoms with van der Waals surface area (Å²) in [5, 5.41) is 7.20. The van der Waals surface area contributed by atoms with E-state index >= 15 is 0 Å². The molecule has 1 amide bonds. The number of aromatic nitrogens is 2. The molecule has 0 unspecified atom stereocenters. The van der Waals surface area contributed by atoms with Crippen LogP contribution in [0.5, 0.6) is 0 Å². The number of carbonyl (C=O) groups is 1. The Hall–Kier alpha value is -2.30. The van der Waals surface area contributed by atoms with E-state index in [1.807, 2.05) is 55.8 Å². The summed E-state index contributed by atoms with van der Waals surface area (Å²) in [7, 11) is 0. The lowest BCUT2D eigenvalue weighted by Gasteiger charge is -2.20. The largest absolute Gasteiger partial charge is 0.444 e. The normalized spacial score (nSPS) is 11.5. The number of carbonyl (C=O) groups excluding carboxylic acids is 1. The molecule has 1 aromatic heterocycles. The third kappa shape index (κ3) is 3.87. The van der Waals surface area contributed by atoms with E-state index in [2.05, 4.69) is 24.3 Å². The van der Waals surface area contributed by atoms with Gasteiger partial charge < -0.3 is 4.74 Å². The van der Waals surface area contributed by atoms with Crippen molar-refractivity contribution in [3.8, 4) is 5.69 Å². The van der Waals surface area contributed by atoms with Crippen molar-refractivity contribution in [2.24, 2.45) is 0 Å². The third-order valence-corrected chi connectivity index (χ3v) is 2.99. The minimum absolute atomic E-state index is 0.202. The molecule has 1 heterocycles. The number of nitrogens with zero attached hydrogens (tertiary/aromatic N) is 2. The first-order valence-electron chi connectivity index (χ1n) is 7.41. The first kappa shape index (κ1) is 16.1. The fraction of sp³-hybridized carbons (Fsp3) is 0.412. The highest BCUT2D eigenvalue weighted by molar-refractivity contribution is 5.85. The zero-order chi connectivity index (χ0) is 16.3. The Morgan fingerprint density at radius 1 is 1.23 bits per heavy atom. The standard InChI is InChI=1S/C17H23N3O2/c1-12(2)15-14(19-16(21)22-17(3,4)5)11-18-20(15)13-9-7-6-8-10-13/h6-12H,1-5H3,(H,19,21). The summed E-state index contributed by atoms with van der Waals surface area (Å²) in [4.78, 5) is 12.0. The van der Waals surface area contributed by atoms with Crippen molar-refractivity contribution in [1.29, 1.82) is 0 Å². The summed E-state index contributed by atoms with van der Waals surface area (Å²) in [5.74, 6) is 0.202. The number of hydrogen-bond donors (Lipinski definition) is 1. The van der Waals surface area contributed by atoms with Gasteiger partial charge in [0.1, 0.15) is 5.60 Å². The van der Waals surface area contributed by atoms with Gasteiger partial charge in [-0.1, -0.05) is 32.0 Å². The summed E-state index contributed by atoms with van der Waals surface area (Å²) in [5.41, 5.74) is 2.05. The molecule has 118 valence electrons. The van der Waals surface area contributed by atoms with Gasteiger partial charge in [0.25, 0.3) is 0 Å². The van der Waals surface area contributed by atoms with Gasteiger partial charge in [-0.15, -0.1) is 0 Å². The van der Waals surface area contributed by atoms with Gasteiger partial charge in [-0.05, 0) is 38.8 Å². The van der Waals surface area contributed by atoms with Crippen molar-refractivity contribution >= 4 is 11.8 Å². The summed E-state index contributed by atoms with van der Waals surface area (Å²) >= 11 is 0. The van der Waals surface area contributed by atoms with Crippen LogP contribution in [-0.2, 0) is 4.74 Å². The van der Waals surface area contributed by atoms with Gasteiger partial charge in [-0.2, -0.15) is 5.10 Å². The molecule has 1 N–H and O–H groups in total. The topological polar surface area (TPSA) is 56.1 Å². The molecule has 0 radical (unpaired) electrons. The van der Waals surface area contributed by atoms with Crippen LogP contribution < -0.4 is 5.32 Å². The number of amides is 1. The van der Waals surface area contributed by atoms with E-state index in [-0.39, 0.29) is 5.92 Å².